The lowest BCUT2D eigenvalue weighted by Gasteiger charge is -2.44. The lowest BCUT2D eigenvalue weighted by atomic mass is 9.81. The van der Waals surface area contributed by atoms with Crippen LogP contribution in [0.2, 0.25) is 0 Å². The second kappa shape index (κ2) is 15.0. The highest BCUT2D eigenvalue weighted by atomic mass is 32.2. The number of halogens is 6. The molecule has 4 rings (SSSR count). The maximum absolute atomic E-state index is 13.5. The fourth-order valence-corrected chi connectivity index (χ4v) is 7.57. The van der Waals surface area contributed by atoms with Crippen molar-refractivity contribution in [3.05, 3.63) is 71.8 Å². The molecule has 1 heterocycles. The molecule has 4 atom stereocenters. The van der Waals surface area contributed by atoms with Gasteiger partial charge in [-0.15, -0.1) is 0 Å². The van der Waals surface area contributed by atoms with Gasteiger partial charge in [-0.2, -0.15) is 26.3 Å². The summed E-state index contributed by atoms with van der Waals surface area (Å²) in [6, 6.07) is 13.8. The quantitative estimate of drug-likeness (QED) is 0.319. The Hall–Kier alpha value is -3.39. The van der Waals surface area contributed by atoms with Crippen LogP contribution in [0.25, 0.3) is 6.08 Å². The van der Waals surface area contributed by atoms with Gasteiger partial charge in [0.25, 0.3) is 0 Å². The molecule has 1 aliphatic heterocycles. The average molecular weight is 677 g/mol. The van der Waals surface area contributed by atoms with Crippen molar-refractivity contribution in [1.82, 2.24) is 9.80 Å². The summed E-state index contributed by atoms with van der Waals surface area (Å²) < 4.78 is 97.7. The summed E-state index contributed by atoms with van der Waals surface area (Å²) in [5.41, 5.74) is -0.338. The van der Waals surface area contributed by atoms with Crippen LogP contribution in [0.3, 0.4) is 0 Å². The second-order valence-corrected chi connectivity index (χ2v) is 13.9. The molecule has 0 aromatic heterocycles. The van der Waals surface area contributed by atoms with E-state index in [1.165, 1.54) is 6.07 Å². The lowest BCUT2D eigenvalue weighted by molar-refractivity contribution is -0.192. The summed E-state index contributed by atoms with van der Waals surface area (Å²) in [6.45, 7) is 4.74. The summed E-state index contributed by atoms with van der Waals surface area (Å²) >= 11 is 0. The van der Waals surface area contributed by atoms with Crippen molar-refractivity contribution >= 4 is 27.8 Å². The van der Waals surface area contributed by atoms with Gasteiger partial charge in [-0.25, -0.2) is 13.2 Å². The number of benzene rings is 2. The van der Waals surface area contributed by atoms with Gasteiger partial charge in [-0.05, 0) is 82.3 Å². The third-order valence-electron chi connectivity index (χ3n) is 8.50. The van der Waals surface area contributed by atoms with Crippen LogP contribution in [0.5, 0.6) is 0 Å². The highest BCUT2D eigenvalue weighted by Gasteiger charge is 2.43. The summed E-state index contributed by atoms with van der Waals surface area (Å²) in [4.78, 5) is 26.8. The highest BCUT2D eigenvalue weighted by molar-refractivity contribution is 7.91. The molecular weight excluding hydrogens is 638 g/mol. The Bertz CT molecular complexity index is 1480. The van der Waals surface area contributed by atoms with Crippen molar-refractivity contribution in [3.8, 4) is 0 Å². The number of hydrogen-bond acceptors (Lipinski definition) is 5. The Labute approximate surface area is 264 Å². The van der Waals surface area contributed by atoms with Gasteiger partial charge in [-0.3, -0.25) is 4.79 Å². The Balaban J connectivity index is 0.000000738. The van der Waals surface area contributed by atoms with Gasteiger partial charge < -0.3 is 14.9 Å². The zero-order valence-corrected chi connectivity index (χ0v) is 26.4. The molecule has 2 aliphatic rings. The number of sulfone groups is 1. The van der Waals surface area contributed by atoms with Crippen molar-refractivity contribution in [1.29, 1.82) is 0 Å². The largest absolute Gasteiger partial charge is 0.490 e. The first-order valence-electron chi connectivity index (χ1n) is 14.8. The molecule has 1 N–H and O–H groups in total. The van der Waals surface area contributed by atoms with Gasteiger partial charge in [-0.1, -0.05) is 42.5 Å². The van der Waals surface area contributed by atoms with E-state index < -0.39 is 39.6 Å². The van der Waals surface area contributed by atoms with Gasteiger partial charge in [0, 0.05) is 24.7 Å². The van der Waals surface area contributed by atoms with E-state index in [2.05, 4.69) is 25.8 Å². The van der Waals surface area contributed by atoms with E-state index >= 15 is 0 Å². The minimum absolute atomic E-state index is 0.0291. The number of likely N-dealkylation sites (tertiary alicyclic amines) is 1. The van der Waals surface area contributed by atoms with Crippen LogP contribution < -0.4 is 0 Å². The molecule has 1 saturated heterocycles. The van der Waals surface area contributed by atoms with Crippen LogP contribution in [-0.2, 0) is 25.6 Å². The molecule has 2 aromatic carbocycles. The number of hydrogen-bond donors (Lipinski definition) is 1. The normalized spacial score (nSPS) is 22.8. The minimum atomic E-state index is -5.08. The highest BCUT2D eigenvalue weighted by Crippen LogP contribution is 2.37. The van der Waals surface area contributed by atoms with Crippen molar-refractivity contribution in [2.45, 2.75) is 74.9 Å². The summed E-state index contributed by atoms with van der Waals surface area (Å²) in [5, 5.41) is 7.12. The number of carboxylic acid groups (broad SMARTS) is 1. The van der Waals surface area contributed by atoms with Crippen LogP contribution >= 0.6 is 0 Å². The van der Waals surface area contributed by atoms with E-state index in [4.69, 9.17) is 9.90 Å². The number of aliphatic carboxylic acids is 1. The molecule has 0 unspecified atom stereocenters. The summed E-state index contributed by atoms with van der Waals surface area (Å²) in [5.74, 6) is -3.53. The molecule has 7 nitrogen and oxygen atoms in total. The molecule has 2 aromatic rings. The predicted molar refractivity (Wildman–Crippen MR) is 160 cm³/mol. The van der Waals surface area contributed by atoms with Crippen molar-refractivity contribution in [2.75, 3.05) is 19.3 Å². The van der Waals surface area contributed by atoms with Gasteiger partial charge in [0.1, 0.15) is 0 Å². The zero-order chi connectivity index (χ0) is 34.4. The van der Waals surface area contributed by atoms with E-state index in [0.717, 1.165) is 18.6 Å². The van der Waals surface area contributed by atoms with Crippen LogP contribution in [0.1, 0.15) is 50.7 Å². The Morgan fingerprint density at radius 2 is 1.65 bits per heavy atom. The molecule has 0 radical (unpaired) electrons. The fourth-order valence-electron chi connectivity index (χ4n) is 5.89. The Kier molecular flexibility index (Phi) is 12.1. The number of carboxylic acids is 1. The van der Waals surface area contributed by atoms with E-state index in [1.807, 2.05) is 4.90 Å². The maximum Gasteiger partial charge on any atom is 0.490 e. The lowest BCUT2D eigenvalue weighted by Crippen LogP contribution is -2.51. The number of alkyl halides is 6. The molecule has 0 bridgehead atoms. The Morgan fingerprint density at radius 3 is 2.22 bits per heavy atom. The monoisotopic (exact) mass is 676 g/mol. The van der Waals surface area contributed by atoms with Crippen LogP contribution in [0, 0.1) is 11.8 Å². The summed E-state index contributed by atoms with van der Waals surface area (Å²) in [7, 11) is -1.48. The second-order valence-electron chi connectivity index (χ2n) is 11.9. The van der Waals surface area contributed by atoms with Gasteiger partial charge in [0.05, 0.1) is 22.1 Å². The average Bonchev–Trinajstić information content (AvgIpc) is 3.35. The molecule has 254 valence electrons. The number of amides is 1. The van der Waals surface area contributed by atoms with Gasteiger partial charge in [0.2, 0.25) is 5.91 Å². The molecule has 46 heavy (non-hydrogen) atoms. The molecule has 14 heteroatoms. The topological polar surface area (TPSA) is 95.0 Å². The van der Waals surface area contributed by atoms with Gasteiger partial charge in [0.15, 0.2) is 9.84 Å². The first-order chi connectivity index (χ1) is 21.3. The number of carbonyl (C=O) groups is 2. The van der Waals surface area contributed by atoms with E-state index in [1.54, 1.807) is 48.6 Å². The number of nitrogens with zero attached hydrogens (tertiary/aromatic N) is 2. The van der Waals surface area contributed by atoms with E-state index in [0.29, 0.717) is 37.4 Å². The molecule has 1 aliphatic carbocycles. The number of rotatable bonds is 8. The fraction of sp³-hybridized carbons (Fsp3) is 0.500. The third kappa shape index (κ3) is 9.81. The molecule has 2 fully saturated rings. The van der Waals surface area contributed by atoms with E-state index in [9.17, 15) is 39.6 Å². The standard InChI is InChI=1S/C30H37F3N2O3S.C2HF3O2/c1-21(2)34(3)26-14-15-28(24(19-26)20-39(37,38)27-10-5-4-6-11-27)35-17-16-23(29(35)36)13-12-22-8-7-9-25(18-22)30(31,32)33;3-2(4,5)1(6)7/h4-13,18,21,23-24,26,28H,14-17,19-20H2,1-3H3;(H,6,7)/b13-12+;/t23-,24-,26+,28-;/m0./s1. The summed E-state index contributed by atoms with van der Waals surface area (Å²) in [6.07, 6.45) is -3.43. The minimum Gasteiger partial charge on any atom is -0.475 e. The first kappa shape index (κ1) is 37.1. The SMILES string of the molecule is CC(C)N(C)[C@@H]1CC[C@H](N2CC[C@H](/C=C/c3cccc(C(F)(F)F)c3)C2=O)[C@H](CS(=O)(=O)c2ccccc2)C1.O=C(O)C(F)(F)F. The number of carbonyl (C=O) groups excluding carboxylic acids is 1. The van der Waals surface area contributed by atoms with E-state index in [-0.39, 0.29) is 34.6 Å². The van der Waals surface area contributed by atoms with Crippen molar-refractivity contribution < 1.29 is 49.5 Å². The van der Waals surface area contributed by atoms with Crippen LogP contribution in [-0.4, -0.2) is 78.8 Å². The van der Waals surface area contributed by atoms with Gasteiger partial charge >= 0.3 is 18.3 Å². The molecular formula is C32H38F6N2O5S. The smallest absolute Gasteiger partial charge is 0.475 e. The third-order valence-corrected chi connectivity index (χ3v) is 10.4. The molecule has 0 spiro atoms. The molecule has 1 amide bonds. The van der Waals surface area contributed by atoms with Crippen LogP contribution in [0.15, 0.2) is 65.6 Å². The predicted octanol–water partition coefficient (Wildman–Crippen LogP) is 6.55. The zero-order valence-electron chi connectivity index (χ0n) is 25.6. The Morgan fingerprint density at radius 1 is 1.02 bits per heavy atom. The first-order valence-corrected chi connectivity index (χ1v) is 16.4. The van der Waals surface area contributed by atoms with Crippen molar-refractivity contribution in [2.24, 2.45) is 11.8 Å². The maximum atomic E-state index is 13.5. The molecule has 1 saturated carbocycles. The van der Waals surface area contributed by atoms with Crippen LogP contribution in [0.4, 0.5) is 26.3 Å². The van der Waals surface area contributed by atoms with Crippen molar-refractivity contribution in [3.63, 3.8) is 0 Å².